The van der Waals surface area contributed by atoms with Gasteiger partial charge in [-0.05, 0) is 49.6 Å². The van der Waals surface area contributed by atoms with Gasteiger partial charge in [0.2, 0.25) is 15.9 Å². The van der Waals surface area contributed by atoms with Crippen molar-refractivity contribution in [3.05, 3.63) is 42.1 Å². The van der Waals surface area contributed by atoms with Crippen LogP contribution in [0.5, 0.6) is 0 Å². The number of fused-ring (bicyclic) bond motifs is 1. The maximum Gasteiger partial charge on any atom is 0.253 e. The van der Waals surface area contributed by atoms with Crippen molar-refractivity contribution in [2.24, 2.45) is 0 Å². The summed E-state index contributed by atoms with van der Waals surface area (Å²) in [5.41, 5.74) is 2.59. The van der Waals surface area contributed by atoms with Gasteiger partial charge in [-0.2, -0.15) is 0 Å². The second kappa shape index (κ2) is 8.32. The molecule has 9 nitrogen and oxygen atoms in total. The molecule has 1 amide bonds. The monoisotopic (exact) mass is 452 g/mol. The Bertz CT molecular complexity index is 1160. The van der Waals surface area contributed by atoms with Gasteiger partial charge in [0.25, 0.3) is 10.0 Å². The highest BCUT2D eigenvalue weighted by molar-refractivity contribution is 8.04. The molecule has 0 saturated heterocycles. The molecule has 3 rings (SSSR count). The van der Waals surface area contributed by atoms with Gasteiger partial charge in [-0.1, -0.05) is 12.1 Å². The van der Waals surface area contributed by atoms with E-state index in [9.17, 15) is 21.6 Å². The van der Waals surface area contributed by atoms with Crippen LogP contribution >= 0.6 is 0 Å². The first-order valence-corrected chi connectivity index (χ1v) is 12.7. The van der Waals surface area contributed by atoms with Crippen molar-refractivity contribution in [2.75, 3.05) is 11.6 Å². The van der Waals surface area contributed by atoms with E-state index in [1.807, 2.05) is 19.9 Å². The zero-order chi connectivity index (χ0) is 22.1. The van der Waals surface area contributed by atoms with Gasteiger partial charge in [-0.3, -0.25) is 4.79 Å². The molecule has 0 saturated carbocycles. The average molecular weight is 453 g/mol. The van der Waals surface area contributed by atoms with Crippen LogP contribution in [0.1, 0.15) is 25.8 Å². The lowest BCUT2D eigenvalue weighted by atomic mass is 9.98. The molecule has 0 fully saturated rings. The van der Waals surface area contributed by atoms with Gasteiger partial charge in [0, 0.05) is 30.3 Å². The van der Waals surface area contributed by atoms with Gasteiger partial charge >= 0.3 is 0 Å². The molecule has 30 heavy (non-hydrogen) atoms. The number of aromatic nitrogens is 1. The number of benzene rings is 1. The summed E-state index contributed by atoms with van der Waals surface area (Å²) >= 11 is 0. The van der Waals surface area contributed by atoms with Gasteiger partial charge in [0.15, 0.2) is 0 Å². The van der Waals surface area contributed by atoms with Crippen molar-refractivity contribution in [1.82, 2.24) is 14.4 Å². The molecule has 2 aromatic rings. The van der Waals surface area contributed by atoms with Crippen LogP contribution in [-0.4, -0.2) is 46.1 Å². The van der Waals surface area contributed by atoms with E-state index < -0.39 is 20.0 Å². The topological polar surface area (TPSA) is 134 Å². The van der Waals surface area contributed by atoms with E-state index in [1.54, 1.807) is 22.5 Å². The van der Waals surface area contributed by atoms with E-state index in [0.717, 1.165) is 22.9 Å². The van der Waals surface area contributed by atoms with E-state index in [-0.39, 0.29) is 22.9 Å². The summed E-state index contributed by atoms with van der Waals surface area (Å²) in [6, 6.07) is 7.76. The molecule has 0 radical (unpaired) electrons. The van der Waals surface area contributed by atoms with Gasteiger partial charge in [-0.15, -0.1) is 4.13 Å². The normalized spacial score (nSPS) is 16.2. The Hall–Kier alpha value is -2.50. The highest BCUT2D eigenvalue weighted by Crippen LogP contribution is 2.34. The maximum absolute atomic E-state index is 12.2. The lowest BCUT2D eigenvalue weighted by Crippen LogP contribution is -2.34. The maximum atomic E-state index is 12.2. The number of anilines is 1. The molecular weight excluding hydrogens is 428 g/mol. The third-order valence-electron chi connectivity index (χ3n) is 4.47. The van der Waals surface area contributed by atoms with Crippen LogP contribution in [0, 0.1) is 0 Å². The minimum Gasteiger partial charge on any atom is -0.366 e. The Labute approximate surface area is 176 Å². The molecule has 0 spiro atoms. The Morgan fingerprint density at radius 3 is 2.43 bits per heavy atom. The molecule has 162 valence electrons. The number of hydrogen-bond donors (Lipinski definition) is 3. The van der Waals surface area contributed by atoms with Crippen molar-refractivity contribution in [3.63, 3.8) is 0 Å². The predicted molar refractivity (Wildman–Crippen MR) is 114 cm³/mol. The predicted octanol–water partition coefficient (Wildman–Crippen LogP) is 1.24. The minimum absolute atomic E-state index is 0.0372. The SMILES string of the molecule is CC(C)NC(=O)CC1Cc2c(-c3ccc(S(=O)(=O)NS(C)(=O)=O)cc3)ccnc2N1. The number of rotatable bonds is 7. The van der Waals surface area contributed by atoms with Crippen LogP contribution in [0.2, 0.25) is 0 Å². The largest absolute Gasteiger partial charge is 0.366 e. The number of carbonyl (C=O) groups is 1. The quantitative estimate of drug-likeness (QED) is 0.575. The summed E-state index contributed by atoms with van der Waals surface area (Å²) in [6.45, 7) is 3.81. The van der Waals surface area contributed by atoms with E-state index >= 15 is 0 Å². The third-order valence-corrected chi connectivity index (χ3v) is 7.45. The summed E-state index contributed by atoms with van der Waals surface area (Å²) in [6.07, 6.45) is 3.36. The van der Waals surface area contributed by atoms with Crippen LogP contribution in [0.4, 0.5) is 5.82 Å². The third kappa shape index (κ3) is 5.35. The smallest absolute Gasteiger partial charge is 0.253 e. The number of hydrogen-bond acceptors (Lipinski definition) is 7. The lowest BCUT2D eigenvalue weighted by Gasteiger charge is -2.12. The molecule has 1 aromatic carbocycles. The first-order valence-electron chi connectivity index (χ1n) is 9.32. The molecule has 1 aliphatic rings. The van der Waals surface area contributed by atoms with Gasteiger partial charge in [0.05, 0.1) is 11.2 Å². The first kappa shape index (κ1) is 22.2. The molecule has 1 aliphatic heterocycles. The number of pyridine rings is 1. The van der Waals surface area contributed by atoms with E-state index in [2.05, 4.69) is 15.6 Å². The highest BCUT2D eigenvalue weighted by atomic mass is 32.3. The van der Waals surface area contributed by atoms with E-state index in [4.69, 9.17) is 0 Å². The standard InChI is InChI=1S/C19H24N4O5S2/c1-12(2)21-18(24)11-14-10-17-16(8-9-20-19(17)22-14)13-4-6-15(7-5-13)30(27,28)23-29(3,25)26/h4-9,12,14,23H,10-11H2,1-3H3,(H,20,22)(H,21,24). The Morgan fingerprint density at radius 2 is 1.83 bits per heavy atom. The number of amides is 1. The summed E-state index contributed by atoms with van der Waals surface area (Å²) in [5, 5.41) is 6.14. The second-order valence-electron chi connectivity index (χ2n) is 7.54. The summed E-state index contributed by atoms with van der Waals surface area (Å²) in [5.74, 6) is 0.662. The van der Waals surface area contributed by atoms with Gasteiger partial charge in [0.1, 0.15) is 5.82 Å². The summed E-state index contributed by atoms with van der Waals surface area (Å²) in [7, 11) is -8.08. The zero-order valence-corrected chi connectivity index (χ0v) is 18.5. The first-order chi connectivity index (χ1) is 13.9. The number of sulfonamides is 2. The molecule has 1 aromatic heterocycles. The van der Waals surface area contributed by atoms with Gasteiger partial charge < -0.3 is 10.6 Å². The van der Waals surface area contributed by atoms with Crippen LogP contribution in [0.3, 0.4) is 0 Å². The Morgan fingerprint density at radius 1 is 1.17 bits per heavy atom. The zero-order valence-electron chi connectivity index (χ0n) is 16.8. The molecule has 3 N–H and O–H groups in total. The Kier molecular flexibility index (Phi) is 6.16. The fraction of sp³-hybridized carbons (Fsp3) is 0.368. The molecular formula is C19H24N4O5S2. The fourth-order valence-electron chi connectivity index (χ4n) is 3.37. The van der Waals surface area contributed by atoms with E-state index in [0.29, 0.717) is 18.7 Å². The molecule has 1 atom stereocenters. The Balaban J connectivity index is 1.81. The number of nitrogens with zero attached hydrogens (tertiary/aromatic N) is 1. The molecule has 1 unspecified atom stereocenters. The summed E-state index contributed by atoms with van der Waals surface area (Å²) < 4.78 is 48.5. The summed E-state index contributed by atoms with van der Waals surface area (Å²) in [4.78, 5) is 16.3. The molecule has 0 bridgehead atoms. The van der Waals surface area contributed by atoms with Crippen molar-refractivity contribution in [3.8, 4) is 11.1 Å². The highest BCUT2D eigenvalue weighted by Gasteiger charge is 2.27. The van der Waals surface area contributed by atoms with Crippen molar-refractivity contribution >= 4 is 31.8 Å². The molecule has 2 heterocycles. The van der Waals surface area contributed by atoms with Crippen molar-refractivity contribution < 1.29 is 21.6 Å². The second-order valence-corrected chi connectivity index (χ2v) is 11.2. The lowest BCUT2D eigenvalue weighted by molar-refractivity contribution is -0.121. The van der Waals surface area contributed by atoms with Crippen molar-refractivity contribution in [2.45, 2.75) is 43.7 Å². The number of nitrogens with one attached hydrogen (secondary N) is 3. The van der Waals surface area contributed by atoms with Crippen molar-refractivity contribution in [1.29, 1.82) is 0 Å². The minimum atomic E-state index is -4.17. The van der Waals surface area contributed by atoms with Gasteiger partial charge in [-0.25, -0.2) is 21.8 Å². The number of carbonyl (C=O) groups excluding carboxylic acids is 1. The average Bonchev–Trinajstić information content (AvgIpc) is 3.01. The van der Waals surface area contributed by atoms with E-state index in [1.165, 1.54) is 12.1 Å². The van der Waals surface area contributed by atoms with Crippen LogP contribution in [0.25, 0.3) is 11.1 Å². The fourth-order valence-corrected chi connectivity index (χ4v) is 5.85. The van der Waals surface area contributed by atoms with Crippen LogP contribution < -0.4 is 14.8 Å². The van der Waals surface area contributed by atoms with Crippen LogP contribution in [-0.2, 0) is 31.3 Å². The molecule has 0 aliphatic carbocycles. The van der Waals surface area contributed by atoms with Crippen LogP contribution in [0.15, 0.2) is 41.4 Å². The molecule has 11 heteroatoms.